The Morgan fingerprint density at radius 1 is 1.35 bits per heavy atom. The van der Waals surface area contributed by atoms with Crippen molar-refractivity contribution in [3.8, 4) is 5.75 Å². The lowest BCUT2D eigenvalue weighted by Crippen LogP contribution is -2.16. The highest BCUT2D eigenvalue weighted by Crippen LogP contribution is 2.18. The highest BCUT2D eigenvalue weighted by atomic mass is 16.5. The molecule has 1 aromatic carbocycles. The number of ether oxygens (including phenoxy) is 1. The van der Waals surface area contributed by atoms with Crippen LogP contribution in [0.1, 0.15) is 23.0 Å². The van der Waals surface area contributed by atoms with E-state index >= 15 is 0 Å². The lowest BCUT2D eigenvalue weighted by atomic mass is 10.1. The Balaban J connectivity index is 2.89. The van der Waals surface area contributed by atoms with Gasteiger partial charge >= 0.3 is 0 Å². The number of nitrogens with one attached hydrogen (secondary N) is 1. The summed E-state index contributed by atoms with van der Waals surface area (Å²) in [5.74, 6) is 0.370. The molecule has 0 saturated carbocycles. The van der Waals surface area contributed by atoms with Crippen LogP contribution >= 0.6 is 0 Å². The summed E-state index contributed by atoms with van der Waals surface area (Å²) in [6.45, 7) is 3.12. The fourth-order valence-corrected chi connectivity index (χ4v) is 1.94. The van der Waals surface area contributed by atoms with E-state index in [2.05, 4.69) is 4.98 Å². The first kappa shape index (κ1) is 11.4. The number of hydrogen-bond acceptors (Lipinski definition) is 3. The second-order valence-corrected chi connectivity index (χ2v) is 3.92. The molecule has 2 rings (SSSR count). The van der Waals surface area contributed by atoms with Crippen molar-refractivity contribution < 1.29 is 9.53 Å². The predicted octanol–water partition coefficient (Wildman–Crippen LogP) is 2.05. The normalized spacial score (nSPS) is 10.5. The quantitative estimate of drug-likeness (QED) is 0.805. The summed E-state index contributed by atoms with van der Waals surface area (Å²) in [7, 11) is 1.54. The second kappa shape index (κ2) is 4.05. The predicted molar refractivity (Wildman–Crippen MR) is 65.9 cm³/mol. The number of fused-ring (bicyclic) bond motifs is 1. The average molecular weight is 231 g/mol. The number of aromatic nitrogens is 1. The molecule has 2 aromatic rings. The van der Waals surface area contributed by atoms with Crippen molar-refractivity contribution in [2.45, 2.75) is 13.8 Å². The Labute approximate surface area is 98.2 Å². The van der Waals surface area contributed by atoms with Crippen molar-refractivity contribution in [1.82, 2.24) is 4.98 Å². The van der Waals surface area contributed by atoms with E-state index in [1.54, 1.807) is 25.1 Å². The number of H-pyrrole nitrogens is 1. The molecule has 1 aromatic heterocycles. The van der Waals surface area contributed by atoms with E-state index in [-0.39, 0.29) is 16.8 Å². The number of Topliss-reactive ketones (excluding diaryl/α,β-unsaturated/α-hetero) is 1. The molecule has 4 heteroatoms. The lowest BCUT2D eigenvalue weighted by molar-refractivity contribution is 0.101. The minimum Gasteiger partial charge on any atom is -0.497 e. The molecule has 0 spiro atoms. The van der Waals surface area contributed by atoms with Gasteiger partial charge in [0.15, 0.2) is 5.78 Å². The first-order valence-electron chi connectivity index (χ1n) is 5.26. The molecular weight excluding hydrogens is 218 g/mol. The van der Waals surface area contributed by atoms with Gasteiger partial charge in [-0.1, -0.05) is 0 Å². The van der Waals surface area contributed by atoms with Crippen molar-refractivity contribution >= 4 is 16.7 Å². The Bertz CT molecular complexity index is 655. The zero-order chi connectivity index (χ0) is 12.6. The van der Waals surface area contributed by atoms with Crippen molar-refractivity contribution in [3.63, 3.8) is 0 Å². The van der Waals surface area contributed by atoms with Gasteiger partial charge in [-0.15, -0.1) is 0 Å². The van der Waals surface area contributed by atoms with Crippen LogP contribution in [0.15, 0.2) is 23.0 Å². The number of aromatic amines is 1. The maximum atomic E-state index is 12.2. The van der Waals surface area contributed by atoms with Crippen molar-refractivity contribution in [2.24, 2.45) is 0 Å². The molecule has 0 fully saturated rings. The number of hydrogen-bond donors (Lipinski definition) is 1. The van der Waals surface area contributed by atoms with Crippen LogP contribution in [0.3, 0.4) is 0 Å². The highest BCUT2D eigenvalue weighted by molar-refractivity contribution is 5.98. The van der Waals surface area contributed by atoms with Gasteiger partial charge in [0, 0.05) is 16.6 Å². The van der Waals surface area contributed by atoms with E-state index in [1.165, 1.54) is 14.0 Å². The van der Waals surface area contributed by atoms with Crippen LogP contribution < -0.4 is 10.2 Å². The molecule has 0 aliphatic heterocycles. The molecule has 0 unspecified atom stereocenters. The van der Waals surface area contributed by atoms with Gasteiger partial charge in [0.2, 0.25) is 5.43 Å². The SMILES string of the molecule is COc1ccc2[nH]c(C)c(C(C)=O)c(=O)c2c1. The third-order valence-electron chi connectivity index (χ3n) is 2.75. The van der Waals surface area contributed by atoms with E-state index in [9.17, 15) is 9.59 Å². The standard InChI is InChI=1S/C13H13NO3/c1-7-12(8(2)15)13(16)10-6-9(17-3)4-5-11(10)14-7/h4-6H,1-3H3,(H,14,16). The molecule has 0 bridgehead atoms. The van der Waals surface area contributed by atoms with Gasteiger partial charge in [0.1, 0.15) is 5.75 Å². The topological polar surface area (TPSA) is 59.2 Å². The molecule has 0 aliphatic carbocycles. The molecular formula is C13H13NO3. The summed E-state index contributed by atoms with van der Waals surface area (Å²) in [4.78, 5) is 26.7. The van der Waals surface area contributed by atoms with E-state index in [1.807, 2.05) is 0 Å². The molecule has 17 heavy (non-hydrogen) atoms. The number of carbonyl (C=O) groups excluding carboxylic acids is 1. The molecule has 0 saturated heterocycles. The number of rotatable bonds is 2. The van der Waals surface area contributed by atoms with Gasteiger partial charge in [-0.05, 0) is 32.0 Å². The third kappa shape index (κ3) is 1.82. The molecule has 0 radical (unpaired) electrons. The summed E-state index contributed by atoms with van der Waals surface area (Å²) in [6.07, 6.45) is 0. The summed E-state index contributed by atoms with van der Waals surface area (Å²) in [5, 5.41) is 0.472. The minimum absolute atomic E-state index is 0.214. The molecule has 0 atom stereocenters. The first-order valence-corrected chi connectivity index (χ1v) is 5.26. The Morgan fingerprint density at radius 2 is 2.06 bits per heavy atom. The average Bonchev–Trinajstić information content (AvgIpc) is 2.28. The summed E-state index contributed by atoms with van der Waals surface area (Å²) >= 11 is 0. The van der Waals surface area contributed by atoms with Crippen LogP contribution in [0.4, 0.5) is 0 Å². The maximum Gasteiger partial charge on any atom is 0.200 e. The van der Waals surface area contributed by atoms with Crippen LogP contribution in [0.5, 0.6) is 5.75 Å². The number of methoxy groups -OCH3 is 1. The number of aryl methyl sites for hydroxylation is 1. The fourth-order valence-electron chi connectivity index (χ4n) is 1.94. The minimum atomic E-state index is -0.248. The Morgan fingerprint density at radius 3 is 2.65 bits per heavy atom. The van der Waals surface area contributed by atoms with Crippen LogP contribution in [-0.2, 0) is 0 Å². The van der Waals surface area contributed by atoms with E-state index < -0.39 is 0 Å². The van der Waals surface area contributed by atoms with Crippen LogP contribution in [-0.4, -0.2) is 17.9 Å². The summed E-state index contributed by atoms with van der Waals surface area (Å²) in [5.41, 5.74) is 1.27. The lowest BCUT2D eigenvalue weighted by Gasteiger charge is -2.06. The molecule has 88 valence electrons. The van der Waals surface area contributed by atoms with Crippen LogP contribution in [0.25, 0.3) is 10.9 Å². The Kier molecular flexibility index (Phi) is 2.71. The number of pyridine rings is 1. The van der Waals surface area contributed by atoms with E-state index in [0.29, 0.717) is 22.3 Å². The van der Waals surface area contributed by atoms with E-state index in [4.69, 9.17) is 4.74 Å². The van der Waals surface area contributed by atoms with Gasteiger partial charge in [-0.3, -0.25) is 9.59 Å². The van der Waals surface area contributed by atoms with Crippen LogP contribution in [0.2, 0.25) is 0 Å². The van der Waals surface area contributed by atoms with Gasteiger partial charge < -0.3 is 9.72 Å². The summed E-state index contributed by atoms with van der Waals surface area (Å²) in [6, 6.07) is 5.18. The van der Waals surface area contributed by atoms with Crippen molar-refractivity contribution in [2.75, 3.05) is 7.11 Å². The summed E-state index contributed by atoms with van der Waals surface area (Å²) < 4.78 is 5.07. The smallest absolute Gasteiger partial charge is 0.200 e. The van der Waals surface area contributed by atoms with Crippen LogP contribution in [0, 0.1) is 6.92 Å². The molecule has 0 amide bonds. The van der Waals surface area contributed by atoms with Gasteiger partial charge in [-0.2, -0.15) is 0 Å². The zero-order valence-corrected chi connectivity index (χ0v) is 9.96. The second-order valence-electron chi connectivity index (χ2n) is 3.92. The maximum absolute atomic E-state index is 12.2. The number of benzene rings is 1. The first-order chi connectivity index (χ1) is 8.04. The monoisotopic (exact) mass is 231 g/mol. The van der Waals surface area contributed by atoms with Crippen molar-refractivity contribution in [1.29, 1.82) is 0 Å². The number of carbonyl (C=O) groups is 1. The van der Waals surface area contributed by atoms with Gasteiger partial charge in [-0.25, -0.2) is 0 Å². The molecule has 1 N–H and O–H groups in total. The van der Waals surface area contributed by atoms with Crippen molar-refractivity contribution in [3.05, 3.63) is 39.7 Å². The van der Waals surface area contributed by atoms with Gasteiger partial charge in [0.25, 0.3) is 0 Å². The van der Waals surface area contributed by atoms with E-state index in [0.717, 1.165) is 0 Å². The zero-order valence-electron chi connectivity index (χ0n) is 9.96. The third-order valence-corrected chi connectivity index (χ3v) is 2.75. The van der Waals surface area contributed by atoms with Gasteiger partial charge in [0.05, 0.1) is 12.7 Å². The molecule has 4 nitrogen and oxygen atoms in total. The fraction of sp³-hybridized carbons (Fsp3) is 0.231. The Hall–Kier alpha value is -2.10. The highest BCUT2D eigenvalue weighted by Gasteiger charge is 2.13. The largest absolute Gasteiger partial charge is 0.497 e. The molecule has 1 heterocycles. The molecule has 0 aliphatic rings. The number of ketones is 1.